The van der Waals surface area contributed by atoms with Gasteiger partial charge in [-0.3, -0.25) is 5.43 Å². The monoisotopic (exact) mass is 352 g/mol. The molecule has 1 heterocycles. The molecule has 7 nitrogen and oxygen atoms in total. The van der Waals surface area contributed by atoms with E-state index in [0.717, 1.165) is 12.1 Å². The summed E-state index contributed by atoms with van der Waals surface area (Å²) in [6, 6.07) is 4.75. The maximum absolute atomic E-state index is 13.2. The number of carbonyl (C=O) groups is 1. The summed E-state index contributed by atoms with van der Waals surface area (Å²) < 4.78 is 26.1. The van der Waals surface area contributed by atoms with Crippen LogP contribution in [0.25, 0.3) is 0 Å². The Morgan fingerprint density at radius 1 is 1.40 bits per heavy atom. The average Bonchev–Trinajstić information content (AvgIpc) is 2.93. The molecule has 0 bridgehead atoms. The molecule has 1 aliphatic rings. The highest BCUT2D eigenvalue weighted by molar-refractivity contribution is 5.74. The summed E-state index contributed by atoms with van der Waals surface area (Å²) >= 11 is 0. The molecule has 1 aromatic rings. The van der Waals surface area contributed by atoms with Gasteiger partial charge >= 0.3 is 6.03 Å². The topological polar surface area (TPSA) is 115 Å². The van der Waals surface area contributed by atoms with Gasteiger partial charge in [0.2, 0.25) is 0 Å². The number of nitrogens with one attached hydrogen (secondary N) is 4. The third-order valence-corrected chi connectivity index (χ3v) is 4.17. The van der Waals surface area contributed by atoms with Crippen LogP contribution in [0.4, 0.5) is 13.6 Å². The van der Waals surface area contributed by atoms with E-state index in [1.165, 1.54) is 6.07 Å². The van der Waals surface area contributed by atoms with Crippen molar-refractivity contribution in [2.24, 2.45) is 11.7 Å². The van der Waals surface area contributed by atoms with E-state index in [0.29, 0.717) is 24.9 Å². The maximum Gasteiger partial charge on any atom is 0.315 e. The van der Waals surface area contributed by atoms with E-state index in [9.17, 15) is 13.6 Å². The van der Waals surface area contributed by atoms with Gasteiger partial charge in [0, 0.05) is 12.6 Å². The zero-order valence-corrected chi connectivity index (χ0v) is 13.9. The number of rotatable bonds is 6. The molecule has 0 saturated carbocycles. The van der Waals surface area contributed by atoms with Crippen molar-refractivity contribution in [1.29, 1.82) is 5.26 Å². The molecular formula is C16H22F2N6O. The number of nitrogens with zero attached hydrogens (tertiary/aromatic N) is 1. The van der Waals surface area contributed by atoms with Crippen molar-refractivity contribution in [3.8, 4) is 6.07 Å². The molecule has 0 spiro atoms. The predicted molar refractivity (Wildman–Crippen MR) is 87.7 cm³/mol. The highest BCUT2D eigenvalue weighted by Crippen LogP contribution is 2.16. The van der Waals surface area contributed by atoms with Crippen LogP contribution in [0.15, 0.2) is 18.2 Å². The van der Waals surface area contributed by atoms with Crippen molar-refractivity contribution < 1.29 is 13.6 Å². The maximum atomic E-state index is 13.2. The van der Waals surface area contributed by atoms with E-state index < -0.39 is 29.9 Å². The summed E-state index contributed by atoms with van der Waals surface area (Å²) in [7, 11) is 0. The van der Waals surface area contributed by atoms with E-state index in [4.69, 9.17) is 11.0 Å². The van der Waals surface area contributed by atoms with Crippen LogP contribution in [0.2, 0.25) is 0 Å². The normalized spacial score (nSPS) is 23.7. The minimum atomic E-state index is -0.950. The SMILES string of the molecule is CC(NC(=O)NCCCC1NNC(N)C1C#N)c1ccc(F)c(F)c1. The fraction of sp³-hybridized carbons (Fsp3) is 0.500. The molecule has 1 saturated heterocycles. The number of halogens is 2. The standard InChI is InChI=1S/C16H22F2N6O/c1-9(10-4-5-12(17)13(18)7-10)22-16(25)21-6-2-3-14-11(8-19)15(20)24-23-14/h4-5,7,9,11,14-15,23-24H,2-3,6,20H2,1H3,(H2,21,22,25). The van der Waals surface area contributed by atoms with Crippen molar-refractivity contribution >= 4 is 6.03 Å². The Morgan fingerprint density at radius 3 is 2.84 bits per heavy atom. The molecule has 9 heteroatoms. The number of urea groups is 1. The van der Waals surface area contributed by atoms with E-state index >= 15 is 0 Å². The third kappa shape index (κ3) is 5.09. The smallest absolute Gasteiger partial charge is 0.315 e. The van der Waals surface area contributed by atoms with Gasteiger partial charge in [0.25, 0.3) is 0 Å². The molecule has 25 heavy (non-hydrogen) atoms. The number of hydrogen-bond acceptors (Lipinski definition) is 5. The zero-order valence-electron chi connectivity index (χ0n) is 13.9. The Kier molecular flexibility index (Phi) is 6.64. The molecule has 0 aromatic heterocycles. The lowest BCUT2D eigenvalue weighted by atomic mass is 9.97. The first-order valence-electron chi connectivity index (χ1n) is 8.08. The van der Waals surface area contributed by atoms with Gasteiger partial charge in [0.15, 0.2) is 11.6 Å². The van der Waals surface area contributed by atoms with Crippen molar-refractivity contribution in [2.75, 3.05) is 6.54 Å². The Bertz CT molecular complexity index is 650. The van der Waals surface area contributed by atoms with Crippen LogP contribution in [-0.2, 0) is 0 Å². The summed E-state index contributed by atoms with van der Waals surface area (Å²) in [5.74, 6) is -2.19. The van der Waals surface area contributed by atoms with Gasteiger partial charge in [-0.15, -0.1) is 0 Å². The zero-order chi connectivity index (χ0) is 18.4. The summed E-state index contributed by atoms with van der Waals surface area (Å²) in [6.07, 6.45) is 0.943. The number of hydrogen-bond donors (Lipinski definition) is 5. The van der Waals surface area contributed by atoms with Crippen LogP contribution >= 0.6 is 0 Å². The van der Waals surface area contributed by atoms with Crippen LogP contribution in [0.5, 0.6) is 0 Å². The van der Waals surface area contributed by atoms with Crippen molar-refractivity contribution in [2.45, 2.75) is 38.0 Å². The van der Waals surface area contributed by atoms with Crippen LogP contribution in [0.1, 0.15) is 31.4 Å². The Labute approximate surface area is 144 Å². The summed E-state index contributed by atoms with van der Waals surface area (Å²) in [4.78, 5) is 11.9. The minimum Gasteiger partial charge on any atom is -0.338 e. The molecule has 0 radical (unpaired) electrons. The first-order chi connectivity index (χ1) is 11.9. The van der Waals surface area contributed by atoms with Gasteiger partial charge in [-0.1, -0.05) is 6.07 Å². The second-order valence-electron chi connectivity index (χ2n) is 6.01. The lowest BCUT2D eigenvalue weighted by Gasteiger charge is -2.16. The molecule has 1 fully saturated rings. The van der Waals surface area contributed by atoms with E-state index in [1.54, 1.807) is 6.92 Å². The Hall–Kier alpha value is -2.28. The quantitative estimate of drug-likeness (QED) is 0.490. The third-order valence-electron chi connectivity index (χ3n) is 4.17. The van der Waals surface area contributed by atoms with Crippen molar-refractivity contribution in [1.82, 2.24) is 21.5 Å². The second-order valence-corrected chi connectivity index (χ2v) is 6.01. The molecule has 1 aliphatic heterocycles. The molecule has 2 rings (SSSR count). The van der Waals surface area contributed by atoms with Gasteiger partial charge in [0.1, 0.15) is 0 Å². The lowest BCUT2D eigenvalue weighted by molar-refractivity contribution is 0.237. The van der Waals surface area contributed by atoms with Gasteiger partial charge < -0.3 is 16.4 Å². The predicted octanol–water partition coefficient (Wildman–Crippen LogP) is 1.01. The molecule has 4 atom stereocenters. The second kappa shape index (κ2) is 8.71. The van der Waals surface area contributed by atoms with E-state index in [-0.39, 0.29) is 12.0 Å². The Balaban J connectivity index is 1.70. The molecule has 4 unspecified atom stereocenters. The molecule has 136 valence electrons. The fourth-order valence-corrected chi connectivity index (χ4v) is 2.69. The number of hydrazine groups is 1. The van der Waals surface area contributed by atoms with Crippen LogP contribution in [-0.4, -0.2) is 24.8 Å². The van der Waals surface area contributed by atoms with Crippen LogP contribution < -0.4 is 27.2 Å². The number of benzene rings is 1. The summed E-state index contributed by atoms with van der Waals surface area (Å²) in [5, 5.41) is 14.4. The minimum absolute atomic E-state index is 0.0639. The highest BCUT2D eigenvalue weighted by atomic mass is 19.2. The molecule has 2 amide bonds. The largest absolute Gasteiger partial charge is 0.338 e. The van der Waals surface area contributed by atoms with Crippen molar-refractivity contribution in [3.05, 3.63) is 35.4 Å². The van der Waals surface area contributed by atoms with E-state index in [2.05, 4.69) is 27.6 Å². The van der Waals surface area contributed by atoms with Gasteiger partial charge in [0.05, 0.1) is 24.2 Å². The van der Waals surface area contributed by atoms with Gasteiger partial charge in [-0.25, -0.2) is 19.0 Å². The fourth-order valence-electron chi connectivity index (χ4n) is 2.69. The number of amides is 2. The number of nitrogens with two attached hydrogens (primary N) is 1. The summed E-state index contributed by atoms with van der Waals surface area (Å²) in [5.41, 5.74) is 12.0. The van der Waals surface area contributed by atoms with Gasteiger partial charge in [-0.2, -0.15) is 5.26 Å². The molecule has 0 aliphatic carbocycles. The lowest BCUT2D eigenvalue weighted by Crippen LogP contribution is -2.39. The summed E-state index contributed by atoms with van der Waals surface area (Å²) in [6.45, 7) is 2.10. The van der Waals surface area contributed by atoms with Crippen LogP contribution in [0, 0.1) is 28.9 Å². The average molecular weight is 352 g/mol. The first kappa shape index (κ1) is 19.1. The van der Waals surface area contributed by atoms with Crippen molar-refractivity contribution in [3.63, 3.8) is 0 Å². The number of nitriles is 1. The van der Waals surface area contributed by atoms with Gasteiger partial charge in [-0.05, 0) is 37.5 Å². The number of carbonyl (C=O) groups excluding carboxylic acids is 1. The molecular weight excluding hydrogens is 330 g/mol. The first-order valence-corrected chi connectivity index (χ1v) is 8.08. The highest BCUT2D eigenvalue weighted by Gasteiger charge is 2.32. The molecule has 1 aromatic carbocycles. The van der Waals surface area contributed by atoms with E-state index in [1.807, 2.05) is 0 Å². The van der Waals surface area contributed by atoms with Crippen LogP contribution in [0.3, 0.4) is 0 Å². The molecule has 6 N–H and O–H groups in total. The Morgan fingerprint density at radius 2 is 2.16 bits per heavy atom.